The first kappa shape index (κ1) is 19.5. The molecule has 2 aliphatic rings. The van der Waals surface area contributed by atoms with Crippen LogP contribution in [0.15, 0.2) is 48.5 Å². The average Bonchev–Trinajstić information content (AvgIpc) is 3.17. The molecule has 0 spiro atoms. The zero-order valence-electron chi connectivity index (χ0n) is 17.6. The summed E-state index contributed by atoms with van der Waals surface area (Å²) in [6.45, 7) is 5.96. The average molecular weight is 392 g/mol. The van der Waals surface area contributed by atoms with Crippen LogP contribution in [-0.2, 0) is 21.4 Å². The number of hydrogen-bond acceptors (Lipinski definition) is 4. The number of anilines is 2. The normalized spacial score (nSPS) is 22.0. The van der Waals surface area contributed by atoms with Crippen LogP contribution in [-0.4, -0.2) is 38.9 Å². The molecule has 2 aliphatic heterocycles. The molecule has 1 unspecified atom stereocenters. The molecule has 0 radical (unpaired) electrons. The molecule has 2 aromatic rings. The van der Waals surface area contributed by atoms with E-state index in [0.717, 1.165) is 17.7 Å². The molecule has 2 aromatic carbocycles. The first-order chi connectivity index (χ1) is 13.7. The molecule has 0 aromatic heterocycles. The Hall–Kier alpha value is -2.79. The van der Waals surface area contributed by atoms with E-state index in [1.807, 2.05) is 20.2 Å². The summed E-state index contributed by atoms with van der Waals surface area (Å²) in [7, 11) is 4.08. The van der Waals surface area contributed by atoms with Crippen molar-refractivity contribution in [2.24, 2.45) is 5.73 Å². The van der Waals surface area contributed by atoms with Crippen LogP contribution in [0.5, 0.6) is 0 Å². The van der Waals surface area contributed by atoms with Gasteiger partial charge in [-0.05, 0) is 41.0 Å². The predicted molar refractivity (Wildman–Crippen MR) is 118 cm³/mol. The Balaban J connectivity index is 1.71. The van der Waals surface area contributed by atoms with Crippen molar-refractivity contribution < 1.29 is 9.53 Å². The van der Waals surface area contributed by atoms with Crippen LogP contribution >= 0.6 is 0 Å². The third kappa shape index (κ3) is 3.10. The SMILES string of the molecule is CN(C)c1ccc(/C=C/C23OCCN2c2ccc(CC(N)=O)cc2C3(C)C)cc1. The molecule has 1 atom stereocenters. The molecular weight excluding hydrogens is 362 g/mol. The van der Waals surface area contributed by atoms with Gasteiger partial charge in [0.25, 0.3) is 0 Å². The van der Waals surface area contributed by atoms with E-state index in [1.165, 1.54) is 16.9 Å². The Morgan fingerprint density at radius 3 is 2.59 bits per heavy atom. The predicted octanol–water partition coefficient (Wildman–Crippen LogP) is 3.32. The van der Waals surface area contributed by atoms with E-state index in [1.54, 1.807) is 0 Å². The van der Waals surface area contributed by atoms with Crippen LogP contribution in [0, 0.1) is 0 Å². The number of carbonyl (C=O) groups is 1. The number of nitrogens with zero attached hydrogens (tertiary/aromatic N) is 2. The third-order valence-corrected chi connectivity index (χ3v) is 6.25. The van der Waals surface area contributed by atoms with Gasteiger partial charge in [0, 0.05) is 37.4 Å². The lowest BCUT2D eigenvalue weighted by molar-refractivity contribution is -0.117. The summed E-state index contributed by atoms with van der Waals surface area (Å²) >= 11 is 0. The molecule has 0 aliphatic carbocycles. The summed E-state index contributed by atoms with van der Waals surface area (Å²) < 4.78 is 6.41. The molecule has 1 amide bonds. The fraction of sp³-hybridized carbons (Fsp3) is 0.375. The van der Waals surface area contributed by atoms with Crippen molar-refractivity contribution in [2.45, 2.75) is 31.4 Å². The van der Waals surface area contributed by atoms with E-state index in [-0.39, 0.29) is 17.7 Å². The second kappa shape index (κ2) is 6.92. The highest BCUT2D eigenvalue weighted by Gasteiger charge is 2.59. The summed E-state index contributed by atoms with van der Waals surface area (Å²) in [6, 6.07) is 14.7. The fourth-order valence-corrected chi connectivity index (χ4v) is 4.62. The lowest BCUT2D eigenvalue weighted by atomic mass is 9.76. The molecule has 1 saturated heterocycles. The summed E-state index contributed by atoms with van der Waals surface area (Å²) in [5.41, 5.74) is 10.2. The minimum Gasteiger partial charge on any atom is -0.378 e. The molecule has 2 N–H and O–H groups in total. The summed E-state index contributed by atoms with van der Waals surface area (Å²) in [4.78, 5) is 15.8. The van der Waals surface area contributed by atoms with Crippen LogP contribution in [0.1, 0.15) is 30.5 Å². The van der Waals surface area contributed by atoms with Gasteiger partial charge in [-0.15, -0.1) is 0 Å². The largest absolute Gasteiger partial charge is 0.378 e. The smallest absolute Gasteiger partial charge is 0.221 e. The number of amides is 1. The Kier molecular flexibility index (Phi) is 4.66. The Morgan fingerprint density at radius 2 is 1.93 bits per heavy atom. The molecule has 2 heterocycles. The molecule has 0 saturated carbocycles. The quantitative estimate of drug-likeness (QED) is 0.850. The van der Waals surface area contributed by atoms with E-state index in [9.17, 15) is 4.79 Å². The topological polar surface area (TPSA) is 58.8 Å². The number of benzene rings is 2. The van der Waals surface area contributed by atoms with Crippen LogP contribution in [0.3, 0.4) is 0 Å². The number of hydrogen-bond donors (Lipinski definition) is 1. The molecule has 1 fully saturated rings. The highest BCUT2D eigenvalue weighted by Crippen LogP contribution is 2.55. The maximum atomic E-state index is 11.4. The van der Waals surface area contributed by atoms with Gasteiger partial charge in [-0.1, -0.05) is 44.2 Å². The summed E-state index contributed by atoms with van der Waals surface area (Å²) in [5, 5.41) is 0. The van der Waals surface area contributed by atoms with Crippen molar-refractivity contribution in [1.29, 1.82) is 0 Å². The third-order valence-electron chi connectivity index (χ3n) is 6.25. The molecule has 0 bridgehead atoms. The minimum absolute atomic E-state index is 0.255. The highest BCUT2D eigenvalue weighted by molar-refractivity contribution is 5.78. The van der Waals surface area contributed by atoms with Gasteiger partial charge in [-0.2, -0.15) is 0 Å². The van der Waals surface area contributed by atoms with Gasteiger partial charge in [0.05, 0.1) is 13.0 Å². The van der Waals surface area contributed by atoms with Gasteiger partial charge in [-0.3, -0.25) is 4.79 Å². The molecule has 5 nitrogen and oxygen atoms in total. The maximum absolute atomic E-state index is 11.4. The van der Waals surface area contributed by atoms with Crippen molar-refractivity contribution in [3.63, 3.8) is 0 Å². The Morgan fingerprint density at radius 1 is 1.21 bits per heavy atom. The van der Waals surface area contributed by atoms with Gasteiger partial charge in [0.1, 0.15) is 0 Å². The van der Waals surface area contributed by atoms with Gasteiger partial charge >= 0.3 is 0 Å². The van der Waals surface area contributed by atoms with Gasteiger partial charge in [-0.25, -0.2) is 0 Å². The summed E-state index contributed by atoms with van der Waals surface area (Å²) in [6.07, 6.45) is 4.60. The van der Waals surface area contributed by atoms with Crippen LogP contribution in [0.4, 0.5) is 11.4 Å². The van der Waals surface area contributed by atoms with Crippen LogP contribution in [0.2, 0.25) is 0 Å². The van der Waals surface area contributed by atoms with Crippen molar-refractivity contribution in [2.75, 3.05) is 37.0 Å². The molecule has 4 rings (SSSR count). The number of nitrogens with two attached hydrogens (primary N) is 1. The van der Waals surface area contributed by atoms with E-state index in [0.29, 0.717) is 6.61 Å². The van der Waals surface area contributed by atoms with Crippen LogP contribution < -0.4 is 15.5 Å². The monoisotopic (exact) mass is 391 g/mol. The number of ether oxygens (including phenoxy) is 1. The zero-order chi connectivity index (χ0) is 20.8. The second-order valence-corrected chi connectivity index (χ2v) is 8.64. The summed E-state index contributed by atoms with van der Waals surface area (Å²) in [5.74, 6) is -0.312. The molecule has 5 heteroatoms. The molecule has 29 heavy (non-hydrogen) atoms. The maximum Gasteiger partial charge on any atom is 0.221 e. The first-order valence-electron chi connectivity index (χ1n) is 10.0. The van der Waals surface area contributed by atoms with Crippen molar-refractivity contribution in [1.82, 2.24) is 0 Å². The van der Waals surface area contributed by atoms with E-state index >= 15 is 0 Å². The van der Waals surface area contributed by atoms with Gasteiger partial charge in [0.2, 0.25) is 5.91 Å². The van der Waals surface area contributed by atoms with Crippen molar-refractivity contribution >= 4 is 23.4 Å². The highest BCUT2D eigenvalue weighted by atomic mass is 16.5. The lowest BCUT2D eigenvalue weighted by Crippen LogP contribution is -2.51. The standard InChI is InChI=1S/C24H29N3O2/c1-23(2)20-15-18(16-22(25)28)7-10-21(20)27-13-14-29-24(23,27)12-11-17-5-8-19(9-6-17)26(3)4/h5-12,15H,13-14,16H2,1-4H3,(H2,25,28)/b12-11+. The Labute approximate surface area is 172 Å². The fourth-order valence-electron chi connectivity index (χ4n) is 4.62. The first-order valence-corrected chi connectivity index (χ1v) is 10.0. The minimum atomic E-state index is -0.541. The van der Waals surface area contributed by atoms with Gasteiger partial charge < -0.3 is 20.3 Å². The van der Waals surface area contributed by atoms with E-state index in [4.69, 9.17) is 10.5 Å². The van der Waals surface area contributed by atoms with Crippen molar-refractivity contribution in [3.8, 4) is 0 Å². The number of carbonyl (C=O) groups excluding carboxylic acids is 1. The van der Waals surface area contributed by atoms with Crippen LogP contribution in [0.25, 0.3) is 6.08 Å². The Bertz CT molecular complexity index is 963. The number of fused-ring (bicyclic) bond motifs is 3. The second-order valence-electron chi connectivity index (χ2n) is 8.64. The lowest BCUT2D eigenvalue weighted by Gasteiger charge is -2.39. The number of rotatable bonds is 5. The molecule has 152 valence electrons. The van der Waals surface area contributed by atoms with Gasteiger partial charge in [0.15, 0.2) is 5.72 Å². The zero-order valence-corrected chi connectivity index (χ0v) is 17.6. The van der Waals surface area contributed by atoms with E-state index < -0.39 is 5.72 Å². The van der Waals surface area contributed by atoms with E-state index in [2.05, 4.69) is 72.2 Å². The molecular formula is C24H29N3O2. The van der Waals surface area contributed by atoms with Crippen molar-refractivity contribution in [3.05, 3.63) is 65.2 Å². The number of primary amides is 1.